The summed E-state index contributed by atoms with van der Waals surface area (Å²) in [6, 6.07) is 0.173. The quantitative estimate of drug-likeness (QED) is 0.491. The predicted molar refractivity (Wildman–Crippen MR) is 65.9 cm³/mol. The van der Waals surface area contributed by atoms with Gasteiger partial charge in [0.1, 0.15) is 5.00 Å². The Hall–Kier alpha value is -2.29. The topological polar surface area (TPSA) is 134 Å². The number of hydrogen-bond donors (Lipinski definition) is 5. The molecule has 6 N–H and O–H groups in total. The zero-order valence-corrected chi connectivity index (χ0v) is 10.0. The number of thiophene rings is 1. The largest absolute Gasteiger partial charge is 0.478 e. The number of primary amides is 1. The molecule has 0 aromatic carbocycles. The van der Waals surface area contributed by atoms with Crippen LogP contribution in [0.15, 0.2) is 11.4 Å². The molecule has 0 bridgehead atoms. The lowest BCUT2D eigenvalue weighted by atomic mass is 10.3. The highest BCUT2D eigenvalue weighted by Gasteiger charge is 2.13. The van der Waals surface area contributed by atoms with Crippen LogP contribution in [0.25, 0.3) is 0 Å². The summed E-state index contributed by atoms with van der Waals surface area (Å²) in [7, 11) is 0. The molecule has 9 heteroatoms. The maximum atomic E-state index is 11.4. The fourth-order valence-electron chi connectivity index (χ4n) is 1.08. The molecule has 0 radical (unpaired) electrons. The van der Waals surface area contributed by atoms with Gasteiger partial charge in [0.2, 0.25) is 0 Å². The number of carboxylic acids is 1. The van der Waals surface area contributed by atoms with E-state index in [1.807, 2.05) is 0 Å². The van der Waals surface area contributed by atoms with E-state index in [2.05, 4.69) is 16.0 Å². The van der Waals surface area contributed by atoms with Crippen LogP contribution < -0.4 is 21.7 Å². The van der Waals surface area contributed by atoms with Gasteiger partial charge >= 0.3 is 18.0 Å². The molecule has 1 aromatic heterocycles. The second-order valence-corrected chi connectivity index (χ2v) is 4.06. The van der Waals surface area contributed by atoms with Crippen LogP contribution in [0.1, 0.15) is 10.4 Å². The number of anilines is 1. The molecule has 1 heterocycles. The van der Waals surface area contributed by atoms with Crippen LogP contribution in [-0.2, 0) is 0 Å². The molecule has 4 amide bonds. The number of nitrogens with two attached hydrogens (primary N) is 1. The van der Waals surface area contributed by atoms with E-state index in [0.29, 0.717) is 0 Å². The highest BCUT2D eigenvalue weighted by Crippen LogP contribution is 2.22. The maximum Gasteiger partial charge on any atom is 0.338 e. The van der Waals surface area contributed by atoms with Gasteiger partial charge in [0, 0.05) is 13.1 Å². The Balaban J connectivity index is 2.38. The first-order valence-corrected chi connectivity index (χ1v) is 5.77. The van der Waals surface area contributed by atoms with E-state index in [4.69, 9.17) is 10.8 Å². The van der Waals surface area contributed by atoms with Gasteiger partial charge in [-0.3, -0.25) is 5.32 Å². The average Bonchev–Trinajstić information content (AvgIpc) is 2.72. The number of hydrogen-bond acceptors (Lipinski definition) is 4. The Kier molecular flexibility index (Phi) is 4.93. The van der Waals surface area contributed by atoms with Gasteiger partial charge in [-0.2, -0.15) is 0 Å². The summed E-state index contributed by atoms with van der Waals surface area (Å²) < 4.78 is 0. The van der Waals surface area contributed by atoms with Crippen molar-refractivity contribution in [2.24, 2.45) is 5.73 Å². The first-order chi connectivity index (χ1) is 8.50. The molecule has 0 spiro atoms. The van der Waals surface area contributed by atoms with Crippen LogP contribution >= 0.6 is 11.3 Å². The molecule has 0 aliphatic carbocycles. The van der Waals surface area contributed by atoms with Crippen LogP contribution in [-0.4, -0.2) is 36.2 Å². The summed E-state index contributed by atoms with van der Waals surface area (Å²) in [5.41, 5.74) is 4.86. The van der Waals surface area contributed by atoms with E-state index in [9.17, 15) is 14.4 Å². The summed E-state index contributed by atoms with van der Waals surface area (Å²) >= 11 is 1.11. The van der Waals surface area contributed by atoms with Crippen LogP contribution in [0.5, 0.6) is 0 Å². The molecule has 0 unspecified atom stereocenters. The van der Waals surface area contributed by atoms with Gasteiger partial charge in [0.05, 0.1) is 5.56 Å². The first-order valence-electron chi connectivity index (χ1n) is 4.89. The van der Waals surface area contributed by atoms with Crippen molar-refractivity contribution in [3.63, 3.8) is 0 Å². The third-order valence-corrected chi connectivity index (χ3v) is 2.66. The van der Waals surface area contributed by atoms with E-state index in [1.54, 1.807) is 5.38 Å². The Bertz CT molecular complexity index is 459. The summed E-state index contributed by atoms with van der Waals surface area (Å²) in [6.45, 7) is 0.377. The molecular formula is C9H12N4O4S. The lowest BCUT2D eigenvalue weighted by Crippen LogP contribution is -2.38. The molecule has 0 saturated heterocycles. The zero-order chi connectivity index (χ0) is 13.5. The standard InChI is InChI=1S/C9H12N4O4S/c10-8(16)11-2-3-12-9(17)13-6-5(7(14)15)1-4-18-6/h1,4H,2-3H2,(H,14,15)(H3,10,11,16)(H2,12,13,17). The fraction of sp³-hybridized carbons (Fsp3) is 0.222. The molecule has 0 saturated carbocycles. The normalized spacial score (nSPS) is 9.56. The Morgan fingerprint density at radius 2 is 1.94 bits per heavy atom. The van der Waals surface area contributed by atoms with Gasteiger partial charge < -0.3 is 21.5 Å². The third kappa shape index (κ3) is 4.29. The minimum Gasteiger partial charge on any atom is -0.478 e. The molecule has 0 aliphatic heterocycles. The van der Waals surface area contributed by atoms with Gasteiger partial charge in [0.15, 0.2) is 0 Å². The average molecular weight is 272 g/mol. The fourth-order valence-corrected chi connectivity index (χ4v) is 1.86. The predicted octanol–water partition coefficient (Wildman–Crippen LogP) is 0.236. The Morgan fingerprint density at radius 3 is 2.56 bits per heavy atom. The summed E-state index contributed by atoms with van der Waals surface area (Å²) in [5, 5.41) is 17.8. The summed E-state index contributed by atoms with van der Waals surface area (Å²) in [6.07, 6.45) is 0. The highest BCUT2D eigenvalue weighted by molar-refractivity contribution is 7.14. The third-order valence-electron chi connectivity index (χ3n) is 1.83. The smallest absolute Gasteiger partial charge is 0.338 e. The minimum absolute atomic E-state index is 0.0328. The molecule has 8 nitrogen and oxygen atoms in total. The SMILES string of the molecule is NC(=O)NCCNC(=O)Nc1sccc1C(=O)O. The van der Waals surface area contributed by atoms with Crippen molar-refractivity contribution in [3.8, 4) is 0 Å². The zero-order valence-electron chi connectivity index (χ0n) is 9.23. The van der Waals surface area contributed by atoms with Crippen LogP contribution in [0.4, 0.5) is 14.6 Å². The number of carboxylic acid groups (broad SMARTS) is 1. The molecule has 0 aliphatic rings. The van der Waals surface area contributed by atoms with Crippen molar-refractivity contribution < 1.29 is 19.5 Å². The van der Waals surface area contributed by atoms with Crippen molar-refractivity contribution in [1.29, 1.82) is 0 Å². The highest BCUT2D eigenvalue weighted by atomic mass is 32.1. The van der Waals surface area contributed by atoms with E-state index in [-0.39, 0.29) is 23.7 Å². The van der Waals surface area contributed by atoms with E-state index in [1.165, 1.54) is 6.07 Å². The number of carbonyl (C=O) groups is 3. The molecule has 98 valence electrons. The second kappa shape index (κ2) is 6.45. The molecule has 0 fully saturated rings. The first kappa shape index (κ1) is 13.8. The van der Waals surface area contributed by atoms with Crippen molar-refractivity contribution in [1.82, 2.24) is 10.6 Å². The molecule has 1 rings (SSSR count). The molecular weight excluding hydrogens is 260 g/mol. The van der Waals surface area contributed by atoms with Gasteiger partial charge in [-0.05, 0) is 11.4 Å². The number of rotatable bonds is 5. The van der Waals surface area contributed by atoms with Crippen molar-refractivity contribution in [2.45, 2.75) is 0 Å². The lowest BCUT2D eigenvalue weighted by molar-refractivity contribution is 0.0698. The maximum absolute atomic E-state index is 11.4. The molecule has 18 heavy (non-hydrogen) atoms. The number of aromatic carboxylic acids is 1. The van der Waals surface area contributed by atoms with Crippen LogP contribution in [0, 0.1) is 0 Å². The van der Waals surface area contributed by atoms with Gasteiger partial charge in [-0.1, -0.05) is 0 Å². The Labute approximate surface area is 106 Å². The molecule has 1 aromatic rings. The van der Waals surface area contributed by atoms with Crippen LogP contribution in [0.2, 0.25) is 0 Å². The number of urea groups is 2. The molecule has 0 atom stereocenters. The van der Waals surface area contributed by atoms with Gasteiger partial charge in [-0.25, -0.2) is 14.4 Å². The monoisotopic (exact) mass is 272 g/mol. The number of carbonyl (C=O) groups excluding carboxylic acids is 2. The second-order valence-electron chi connectivity index (χ2n) is 3.14. The van der Waals surface area contributed by atoms with Crippen molar-refractivity contribution in [2.75, 3.05) is 18.4 Å². The Morgan fingerprint density at radius 1 is 1.28 bits per heavy atom. The van der Waals surface area contributed by atoms with E-state index < -0.39 is 18.0 Å². The lowest BCUT2D eigenvalue weighted by Gasteiger charge is -2.06. The number of nitrogens with one attached hydrogen (secondary N) is 3. The minimum atomic E-state index is -1.11. The number of amides is 4. The van der Waals surface area contributed by atoms with Crippen LogP contribution in [0.3, 0.4) is 0 Å². The van der Waals surface area contributed by atoms with E-state index in [0.717, 1.165) is 11.3 Å². The van der Waals surface area contributed by atoms with E-state index >= 15 is 0 Å². The van der Waals surface area contributed by atoms with Gasteiger partial charge in [-0.15, -0.1) is 11.3 Å². The van der Waals surface area contributed by atoms with Crippen molar-refractivity contribution in [3.05, 3.63) is 17.0 Å². The van der Waals surface area contributed by atoms with Gasteiger partial charge in [0.25, 0.3) is 0 Å². The summed E-state index contributed by atoms with van der Waals surface area (Å²) in [5.74, 6) is -1.11. The van der Waals surface area contributed by atoms with Crippen molar-refractivity contribution >= 4 is 34.4 Å². The summed E-state index contributed by atoms with van der Waals surface area (Å²) in [4.78, 5) is 32.5.